The average Bonchev–Trinajstić information content (AvgIpc) is 3.04. The number of nitrogens with one attached hydrogen (secondary N) is 4. The molecule has 4 aromatic rings. The lowest BCUT2D eigenvalue weighted by Crippen LogP contribution is -2.49. The molecule has 8 nitrogen and oxygen atoms in total. The molecule has 0 heterocycles. The summed E-state index contributed by atoms with van der Waals surface area (Å²) in [5, 5.41) is 18.7. The number of hydrogen-bond acceptors (Lipinski definition) is 4. The van der Waals surface area contributed by atoms with Gasteiger partial charge in [0.2, 0.25) is 5.91 Å². The highest BCUT2D eigenvalue weighted by molar-refractivity contribution is 5.98. The fourth-order valence-corrected chi connectivity index (χ4v) is 5.29. The monoisotopic (exact) mass is 578 g/mol. The van der Waals surface area contributed by atoms with Gasteiger partial charge in [0.25, 0.3) is 5.91 Å². The average molecular weight is 579 g/mol. The number of benzene rings is 4. The summed E-state index contributed by atoms with van der Waals surface area (Å²) >= 11 is 0. The summed E-state index contributed by atoms with van der Waals surface area (Å²) in [5.74, 6) is -0.184. The lowest BCUT2D eigenvalue weighted by Gasteiger charge is -2.31. The van der Waals surface area contributed by atoms with E-state index < -0.39 is 6.04 Å². The minimum atomic E-state index is -0.446. The van der Waals surface area contributed by atoms with Crippen molar-refractivity contribution in [3.05, 3.63) is 120 Å². The van der Waals surface area contributed by atoms with Gasteiger partial charge in [0.1, 0.15) is 0 Å². The molecule has 8 heteroatoms. The molecule has 224 valence electrons. The van der Waals surface area contributed by atoms with E-state index in [9.17, 15) is 9.59 Å². The molecule has 0 unspecified atom stereocenters. The highest BCUT2D eigenvalue weighted by atomic mass is 16.2. The molecule has 0 aliphatic heterocycles. The second-order valence-electron chi connectivity index (χ2n) is 10.6. The van der Waals surface area contributed by atoms with Crippen LogP contribution < -0.4 is 21.7 Å². The Morgan fingerprint density at radius 2 is 1.42 bits per heavy atom. The van der Waals surface area contributed by atoms with Crippen LogP contribution in [0.4, 0.5) is 0 Å². The Bertz CT molecular complexity index is 1440. The first-order valence-corrected chi connectivity index (χ1v) is 14.9. The van der Waals surface area contributed by atoms with Crippen molar-refractivity contribution in [1.29, 1.82) is 5.41 Å². The summed E-state index contributed by atoms with van der Waals surface area (Å²) in [4.78, 5) is 28.7. The number of carbonyl (C=O) groups is 2. The predicted octanol–water partition coefficient (Wildman–Crippen LogP) is 4.47. The Balaban J connectivity index is 1.41. The van der Waals surface area contributed by atoms with Crippen molar-refractivity contribution >= 4 is 28.5 Å². The van der Waals surface area contributed by atoms with Crippen molar-refractivity contribution < 1.29 is 9.59 Å². The number of fused-ring (bicyclic) bond motifs is 1. The summed E-state index contributed by atoms with van der Waals surface area (Å²) in [6, 6.07) is 33.7. The Kier molecular flexibility index (Phi) is 11.7. The maximum absolute atomic E-state index is 14.0. The van der Waals surface area contributed by atoms with Gasteiger partial charge in [0.15, 0.2) is 5.96 Å². The lowest BCUT2D eigenvalue weighted by atomic mass is 9.90. The third-order valence-electron chi connectivity index (χ3n) is 7.60. The molecule has 4 aromatic carbocycles. The van der Waals surface area contributed by atoms with Crippen LogP contribution >= 0.6 is 0 Å². The van der Waals surface area contributed by atoms with Crippen molar-refractivity contribution in [2.24, 2.45) is 5.73 Å². The van der Waals surface area contributed by atoms with Crippen LogP contribution in [0.5, 0.6) is 0 Å². The van der Waals surface area contributed by atoms with Gasteiger partial charge in [-0.2, -0.15) is 0 Å². The van der Waals surface area contributed by atoms with E-state index in [0.29, 0.717) is 51.1 Å². The Labute approximate surface area is 254 Å². The highest BCUT2D eigenvalue weighted by Gasteiger charge is 2.26. The predicted molar refractivity (Wildman–Crippen MR) is 174 cm³/mol. The van der Waals surface area contributed by atoms with Crippen LogP contribution in [-0.4, -0.2) is 61.4 Å². The second-order valence-corrected chi connectivity index (χ2v) is 10.6. The zero-order chi connectivity index (χ0) is 30.4. The number of nitrogens with zero attached hydrogens (tertiary/aromatic N) is 1. The topological polar surface area (TPSA) is 123 Å². The van der Waals surface area contributed by atoms with Gasteiger partial charge < -0.3 is 26.6 Å². The molecule has 4 rings (SSSR count). The van der Waals surface area contributed by atoms with E-state index in [0.717, 1.165) is 21.9 Å². The lowest BCUT2D eigenvalue weighted by molar-refractivity contribution is -0.133. The SMILES string of the molecule is CCN(CC(c1ccccc1)c1ccccc1)C(=O)[C@H](CCCNC(=N)N)NCCNC(=O)c1ccc2ccccc2c1. The van der Waals surface area contributed by atoms with Crippen molar-refractivity contribution in [3.8, 4) is 0 Å². The number of likely N-dealkylation sites (N-methyl/N-ethyl adjacent to an activating group) is 1. The highest BCUT2D eigenvalue weighted by Crippen LogP contribution is 2.26. The molecular formula is C35H42N6O2. The van der Waals surface area contributed by atoms with Crippen LogP contribution in [0, 0.1) is 5.41 Å². The second kappa shape index (κ2) is 16.1. The molecule has 0 aromatic heterocycles. The van der Waals surface area contributed by atoms with Crippen LogP contribution in [0.3, 0.4) is 0 Å². The van der Waals surface area contributed by atoms with Gasteiger partial charge >= 0.3 is 0 Å². The van der Waals surface area contributed by atoms with Gasteiger partial charge in [0.05, 0.1) is 6.04 Å². The first-order chi connectivity index (χ1) is 21.0. The molecule has 6 N–H and O–H groups in total. The summed E-state index contributed by atoms with van der Waals surface area (Å²) in [5.41, 5.74) is 8.37. The Morgan fingerprint density at radius 3 is 2.05 bits per heavy atom. The number of amides is 2. The van der Waals surface area contributed by atoms with Gasteiger partial charge in [0, 0.05) is 44.2 Å². The largest absolute Gasteiger partial charge is 0.370 e. The number of carbonyl (C=O) groups excluding carboxylic acids is 2. The molecule has 0 saturated heterocycles. The molecule has 0 fully saturated rings. The van der Waals surface area contributed by atoms with E-state index >= 15 is 0 Å². The van der Waals surface area contributed by atoms with E-state index in [1.807, 2.05) is 90.7 Å². The third-order valence-corrected chi connectivity index (χ3v) is 7.60. The van der Waals surface area contributed by atoms with Gasteiger partial charge in [-0.1, -0.05) is 91.0 Å². The smallest absolute Gasteiger partial charge is 0.251 e. The number of hydrogen-bond donors (Lipinski definition) is 5. The van der Waals surface area contributed by atoms with Crippen molar-refractivity contribution in [1.82, 2.24) is 20.9 Å². The molecule has 43 heavy (non-hydrogen) atoms. The van der Waals surface area contributed by atoms with Crippen molar-refractivity contribution in [3.63, 3.8) is 0 Å². The van der Waals surface area contributed by atoms with Crippen LogP contribution in [0.25, 0.3) is 10.8 Å². The Hall–Kier alpha value is -4.69. The normalized spacial score (nSPS) is 11.7. The Morgan fingerprint density at radius 1 is 0.791 bits per heavy atom. The minimum absolute atomic E-state index is 0.0167. The van der Waals surface area contributed by atoms with Gasteiger partial charge in [-0.05, 0) is 53.8 Å². The summed E-state index contributed by atoms with van der Waals surface area (Å²) < 4.78 is 0. The van der Waals surface area contributed by atoms with Gasteiger partial charge in [-0.3, -0.25) is 15.0 Å². The fraction of sp³-hybridized carbons (Fsp3) is 0.286. The van der Waals surface area contributed by atoms with Crippen molar-refractivity contribution in [2.75, 3.05) is 32.7 Å². The van der Waals surface area contributed by atoms with Crippen LogP contribution in [0.2, 0.25) is 0 Å². The molecule has 0 saturated carbocycles. The fourth-order valence-electron chi connectivity index (χ4n) is 5.29. The maximum atomic E-state index is 14.0. The van der Waals surface area contributed by atoms with E-state index in [1.165, 1.54) is 0 Å². The molecule has 0 aliphatic rings. The summed E-state index contributed by atoms with van der Waals surface area (Å²) in [7, 11) is 0. The molecule has 0 bridgehead atoms. The van der Waals surface area contributed by atoms with E-state index in [2.05, 4.69) is 40.2 Å². The standard InChI is InChI=1S/C35H42N6O2/c1-2-41(25-31(27-13-5-3-6-14-27)28-15-7-4-8-16-28)34(43)32(18-11-21-40-35(36)37)38-22-23-39-33(42)30-20-19-26-12-9-10-17-29(26)24-30/h3-10,12-17,19-20,24,31-32,38H,2,11,18,21-23,25H2,1H3,(H,39,42)(H4,36,37,40)/t32-/m0/s1. The number of rotatable bonds is 15. The maximum Gasteiger partial charge on any atom is 0.251 e. The first-order valence-electron chi connectivity index (χ1n) is 14.9. The number of guanidine groups is 1. The van der Waals surface area contributed by atoms with Gasteiger partial charge in [-0.25, -0.2) is 0 Å². The molecule has 0 spiro atoms. The molecule has 2 amide bonds. The van der Waals surface area contributed by atoms with E-state index in [-0.39, 0.29) is 23.7 Å². The molecule has 0 radical (unpaired) electrons. The van der Waals surface area contributed by atoms with E-state index in [4.69, 9.17) is 11.1 Å². The zero-order valence-corrected chi connectivity index (χ0v) is 24.8. The zero-order valence-electron chi connectivity index (χ0n) is 24.8. The van der Waals surface area contributed by atoms with Gasteiger partial charge in [-0.15, -0.1) is 0 Å². The molecule has 0 aliphatic carbocycles. The number of nitrogens with two attached hydrogens (primary N) is 1. The van der Waals surface area contributed by atoms with Crippen LogP contribution in [0.15, 0.2) is 103 Å². The minimum Gasteiger partial charge on any atom is -0.370 e. The molecular weight excluding hydrogens is 536 g/mol. The molecule has 1 atom stereocenters. The summed E-state index contributed by atoms with van der Waals surface area (Å²) in [6.45, 7) is 4.44. The van der Waals surface area contributed by atoms with Crippen LogP contribution in [-0.2, 0) is 4.79 Å². The quantitative estimate of drug-likeness (QED) is 0.0809. The van der Waals surface area contributed by atoms with E-state index in [1.54, 1.807) is 0 Å². The van der Waals surface area contributed by atoms with Crippen LogP contribution in [0.1, 0.15) is 47.2 Å². The summed E-state index contributed by atoms with van der Waals surface area (Å²) in [6.07, 6.45) is 1.22. The van der Waals surface area contributed by atoms with Crippen molar-refractivity contribution in [2.45, 2.75) is 31.7 Å². The third kappa shape index (κ3) is 9.15. The first kappa shape index (κ1) is 31.3.